The number of carbonyl (C=O) groups is 1. The summed E-state index contributed by atoms with van der Waals surface area (Å²) in [5.74, 6) is 0. The van der Waals surface area contributed by atoms with Crippen LogP contribution in [0, 0.1) is 0 Å². The third kappa shape index (κ3) is 1.87. The Labute approximate surface area is 149 Å². The molecule has 0 aromatic heterocycles. The Morgan fingerprint density at radius 3 is 2.76 bits per heavy atom. The lowest BCUT2D eigenvalue weighted by Gasteiger charge is -2.26. The quantitative estimate of drug-likeness (QED) is 0.548. The summed E-state index contributed by atoms with van der Waals surface area (Å²) in [6.07, 6.45) is 6.78. The van der Waals surface area contributed by atoms with Gasteiger partial charge in [-0.05, 0) is 50.7 Å². The van der Waals surface area contributed by atoms with Crippen LogP contribution >= 0.6 is 11.8 Å². The summed E-state index contributed by atoms with van der Waals surface area (Å²) in [6, 6.07) is 16.1. The molecule has 0 amide bonds. The predicted molar refractivity (Wildman–Crippen MR) is 103 cm³/mol. The summed E-state index contributed by atoms with van der Waals surface area (Å²) >= 11 is 0.781. The number of hydrogen-bond donors (Lipinski definition) is 0. The van der Waals surface area contributed by atoms with Crippen molar-refractivity contribution in [2.45, 2.75) is 11.8 Å². The van der Waals surface area contributed by atoms with Crippen LogP contribution in [-0.2, 0) is 10.2 Å². The average molecular weight is 346 g/mol. The summed E-state index contributed by atoms with van der Waals surface area (Å²) in [4.78, 5) is 12.8. The van der Waals surface area contributed by atoms with Gasteiger partial charge in [0.25, 0.3) is 0 Å². The fraction of sp³-hybridized carbons (Fsp3) is 0.136. The molecule has 3 aromatic rings. The van der Waals surface area contributed by atoms with Gasteiger partial charge in [0.05, 0.1) is 5.41 Å². The van der Waals surface area contributed by atoms with Crippen LogP contribution in [0.25, 0.3) is 27.6 Å². The van der Waals surface area contributed by atoms with Gasteiger partial charge in [-0.3, -0.25) is 4.79 Å². The van der Waals surface area contributed by atoms with Gasteiger partial charge < -0.3 is 0 Å². The zero-order valence-corrected chi connectivity index (χ0v) is 14.3. The van der Waals surface area contributed by atoms with E-state index < -0.39 is 11.4 Å². The number of fused-ring (bicyclic) bond motifs is 7. The molecule has 0 saturated heterocycles. The van der Waals surface area contributed by atoms with Gasteiger partial charge in [0.1, 0.15) is 6.01 Å². The van der Waals surface area contributed by atoms with Crippen molar-refractivity contribution >= 4 is 44.5 Å². The predicted octanol–water partition coefficient (Wildman–Crippen LogP) is 5.77. The molecule has 0 aliphatic heterocycles. The van der Waals surface area contributed by atoms with Crippen LogP contribution < -0.4 is 0 Å². The number of hydrogen-bond acceptors (Lipinski definition) is 2. The molecule has 1 unspecified atom stereocenters. The number of allylic oxidation sites excluding steroid dienone is 3. The van der Waals surface area contributed by atoms with E-state index in [4.69, 9.17) is 0 Å². The molecule has 122 valence electrons. The van der Waals surface area contributed by atoms with Crippen molar-refractivity contribution < 1.29 is 9.18 Å². The van der Waals surface area contributed by atoms with Gasteiger partial charge in [0, 0.05) is 0 Å². The molecule has 1 atom stereocenters. The summed E-state index contributed by atoms with van der Waals surface area (Å²) in [5.41, 5.74) is 2.41. The van der Waals surface area contributed by atoms with Crippen LogP contribution in [0.15, 0.2) is 66.3 Å². The van der Waals surface area contributed by atoms with Crippen LogP contribution in [0.1, 0.15) is 17.5 Å². The van der Waals surface area contributed by atoms with E-state index in [2.05, 4.69) is 42.5 Å². The standard InChI is InChI=1S/C22H15FOS/c23-13-25-21(24)22-11-3-5-15(22)12-19-18-8-7-14-4-1-2-6-16(14)17(18)9-10-20(19)22/h1-10,12H,11,13H2. The third-order valence-electron chi connectivity index (χ3n) is 5.48. The highest BCUT2D eigenvalue weighted by Gasteiger charge is 2.48. The molecule has 0 bridgehead atoms. The molecule has 2 aliphatic rings. The van der Waals surface area contributed by atoms with E-state index in [0.29, 0.717) is 6.42 Å². The first-order valence-electron chi connectivity index (χ1n) is 8.32. The fourth-order valence-corrected chi connectivity index (χ4v) is 4.99. The second-order valence-electron chi connectivity index (χ2n) is 6.56. The lowest BCUT2D eigenvalue weighted by molar-refractivity contribution is -0.114. The van der Waals surface area contributed by atoms with Gasteiger partial charge in [-0.25, -0.2) is 4.39 Å². The molecular weight excluding hydrogens is 331 g/mol. The maximum absolute atomic E-state index is 12.9. The smallest absolute Gasteiger partial charge is 0.206 e. The maximum atomic E-state index is 12.9. The van der Waals surface area contributed by atoms with Gasteiger partial charge in [-0.1, -0.05) is 72.4 Å². The number of benzene rings is 3. The Balaban J connectivity index is 1.82. The highest BCUT2D eigenvalue weighted by molar-refractivity contribution is 8.13. The number of rotatable bonds is 2. The maximum Gasteiger partial charge on any atom is 0.206 e. The van der Waals surface area contributed by atoms with Crippen molar-refractivity contribution in [2.24, 2.45) is 0 Å². The Kier molecular flexibility index (Phi) is 3.16. The SMILES string of the molecule is O=C(SCF)C12CC=CC1=Cc1c2ccc2c1ccc1ccccc12. The van der Waals surface area contributed by atoms with Crippen LogP contribution in [0.4, 0.5) is 4.39 Å². The minimum absolute atomic E-state index is 0.0925. The molecule has 2 aliphatic carbocycles. The van der Waals surface area contributed by atoms with Crippen molar-refractivity contribution in [3.05, 3.63) is 77.4 Å². The van der Waals surface area contributed by atoms with E-state index in [1.54, 1.807) is 0 Å². The topological polar surface area (TPSA) is 17.1 Å². The Bertz CT molecular complexity index is 1110. The molecule has 3 heteroatoms. The molecule has 1 nitrogen and oxygen atoms in total. The van der Waals surface area contributed by atoms with Gasteiger partial charge >= 0.3 is 0 Å². The van der Waals surface area contributed by atoms with Crippen LogP contribution in [-0.4, -0.2) is 11.1 Å². The van der Waals surface area contributed by atoms with E-state index >= 15 is 0 Å². The highest BCUT2D eigenvalue weighted by Crippen LogP contribution is 2.53. The first-order valence-corrected chi connectivity index (χ1v) is 9.31. The summed E-state index contributed by atoms with van der Waals surface area (Å²) in [7, 11) is 0. The molecule has 0 fully saturated rings. The summed E-state index contributed by atoms with van der Waals surface area (Å²) in [6.45, 7) is 0. The highest BCUT2D eigenvalue weighted by atomic mass is 32.2. The minimum Gasteiger partial charge on any atom is -0.286 e. The number of carbonyl (C=O) groups excluding carboxylic acids is 1. The van der Waals surface area contributed by atoms with Gasteiger partial charge in [0.15, 0.2) is 0 Å². The van der Waals surface area contributed by atoms with E-state index in [1.165, 1.54) is 16.2 Å². The van der Waals surface area contributed by atoms with Crippen LogP contribution in [0.2, 0.25) is 0 Å². The molecule has 5 rings (SSSR count). The van der Waals surface area contributed by atoms with E-state index in [1.807, 2.05) is 24.3 Å². The Hall–Kier alpha value is -2.39. The average Bonchev–Trinajstić information content (AvgIpc) is 3.19. The Morgan fingerprint density at radius 1 is 1.04 bits per heavy atom. The van der Waals surface area contributed by atoms with Crippen LogP contribution in [0.3, 0.4) is 0 Å². The second-order valence-corrected chi connectivity index (χ2v) is 7.44. The lowest BCUT2D eigenvalue weighted by Crippen LogP contribution is -2.31. The first-order chi connectivity index (χ1) is 12.3. The van der Waals surface area contributed by atoms with E-state index in [0.717, 1.165) is 33.8 Å². The van der Waals surface area contributed by atoms with Crippen molar-refractivity contribution in [3.63, 3.8) is 0 Å². The van der Waals surface area contributed by atoms with Gasteiger partial charge in [-0.15, -0.1) is 0 Å². The molecule has 3 aromatic carbocycles. The second kappa shape index (κ2) is 5.30. The van der Waals surface area contributed by atoms with Gasteiger partial charge in [0.2, 0.25) is 5.12 Å². The molecule has 0 saturated carbocycles. The molecule has 0 spiro atoms. The molecular formula is C22H15FOS. The van der Waals surface area contributed by atoms with E-state index in [9.17, 15) is 9.18 Å². The molecule has 0 heterocycles. The molecule has 25 heavy (non-hydrogen) atoms. The lowest BCUT2D eigenvalue weighted by atomic mass is 9.78. The largest absolute Gasteiger partial charge is 0.286 e. The van der Waals surface area contributed by atoms with Crippen molar-refractivity contribution in [2.75, 3.05) is 6.01 Å². The van der Waals surface area contributed by atoms with Gasteiger partial charge in [-0.2, -0.15) is 0 Å². The van der Waals surface area contributed by atoms with Crippen molar-refractivity contribution in [3.8, 4) is 0 Å². The molecule has 0 N–H and O–H groups in total. The Morgan fingerprint density at radius 2 is 1.88 bits per heavy atom. The number of halogens is 1. The third-order valence-corrected chi connectivity index (χ3v) is 6.20. The monoisotopic (exact) mass is 346 g/mol. The zero-order chi connectivity index (χ0) is 17.0. The minimum atomic E-state index is -0.702. The molecule has 0 radical (unpaired) electrons. The normalized spacial score (nSPS) is 20.8. The number of alkyl halides is 1. The summed E-state index contributed by atoms with van der Waals surface area (Å²) < 4.78 is 12.9. The zero-order valence-electron chi connectivity index (χ0n) is 13.5. The van der Waals surface area contributed by atoms with Crippen LogP contribution in [0.5, 0.6) is 0 Å². The number of thioether (sulfide) groups is 1. The first kappa shape index (κ1) is 14.9. The van der Waals surface area contributed by atoms with Crippen molar-refractivity contribution in [1.82, 2.24) is 0 Å². The summed E-state index contributed by atoms with van der Waals surface area (Å²) in [5, 5.41) is 4.68. The fourth-order valence-electron chi connectivity index (χ4n) is 4.34. The van der Waals surface area contributed by atoms with Crippen molar-refractivity contribution in [1.29, 1.82) is 0 Å². The van der Waals surface area contributed by atoms with E-state index in [-0.39, 0.29) is 5.12 Å².